The Kier molecular flexibility index (Phi) is 3.68. The molecule has 0 radical (unpaired) electrons. The van der Waals surface area contributed by atoms with Gasteiger partial charge in [-0.2, -0.15) is 0 Å². The lowest BCUT2D eigenvalue weighted by Crippen LogP contribution is -2.56. The molecule has 0 N–H and O–H groups in total. The van der Waals surface area contributed by atoms with E-state index in [4.69, 9.17) is 0 Å². The van der Waals surface area contributed by atoms with Crippen LogP contribution in [0.4, 0.5) is 4.79 Å². The van der Waals surface area contributed by atoms with Gasteiger partial charge < -0.3 is 9.74 Å². The molecule has 0 aromatic rings. The maximum absolute atomic E-state index is 11.8. The molecule has 2 aliphatic rings. The van der Waals surface area contributed by atoms with Crippen LogP contribution in [0.2, 0.25) is 0 Å². The molecule has 2 aliphatic heterocycles. The van der Waals surface area contributed by atoms with Crippen LogP contribution in [0.3, 0.4) is 0 Å². The Morgan fingerprint density at radius 2 is 1.65 bits per heavy atom. The van der Waals surface area contributed by atoms with Gasteiger partial charge in [-0.25, -0.2) is 9.69 Å². The van der Waals surface area contributed by atoms with Crippen LogP contribution in [0.1, 0.15) is 19.8 Å². The summed E-state index contributed by atoms with van der Waals surface area (Å²) in [5, 5.41) is 0.340. The number of amides is 5. The molecule has 0 spiro atoms. The minimum Gasteiger partial charge on any atom is -0.333 e. The number of rotatable bonds is 2. The van der Waals surface area contributed by atoms with E-state index in [0.29, 0.717) is 16.5 Å². The van der Waals surface area contributed by atoms with Crippen LogP contribution in [0.15, 0.2) is 0 Å². The Morgan fingerprint density at radius 1 is 1.05 bits per heavy atom. The highest BCUT2D eigenvalue weighted by Crippen LogP contribution is 2.14. The van der Waals surface area contributed by atoms with Gasteiger partial charge in [-0.3, -0.25) is 19.2 Å². The Balaban J connectivity index is 2.03. The van der Waals surface area contributed by atoms with Gasteiger partial charge in [0.15, 0.2) is 0 Å². The highest BCUT2D eigenvalue weighted by molar-refractivity contribution is 6.37. The summed E-state index contributed by atoms with van der Waals surface area (Å²) < 4.78 is 0. The standard InChI is InChI=1S/C11H13N3O6/c1-2-12-5-6-13(10(18)9(12)17)11(19)20-14-7(15)3-4-8(14)16/h2-6H2,1H3. The molecule has 0 aromatic heterocycles. The molecule has 0 aromatic carbocycles. The van der Waals surface area contributed by atoms with Crippen molar-refractivity contribution < 1.29 is 28.8 Å². The van der Waals surface area contributed by atoms with Crippen molar-refractivity contribution in [3.63, 3.8) is 0 Å². The molecule has 2 heterocycles. The highest BCUT2D eigenvalue weighted by Gasteiger charge is 2.40. The smallest absolute Gasteiger partial charge is 0.333 e. The molecular formula is C11H13N3O6. The van der Waals surface area contributed by atoms with Gasteiger partial charge >= 0.3 is 17.9 Å². The second-order valence-electron chi connectivity index (χ2n) is 4.28. The van der Waals surface area contributed by atoms with Crippen LogP contribution < -0.4 is 0 Å². The number of carbonyl (C=O) groups is 5. The monoisotopic (exact) mass is 283 g/mol. The van der Waals surface area contributed by atoms with E-state index >= 15 is 0 Å². The van der Waals surface area contributed by atoms with Crippen molar-refractivity contribution in [2.24, 2.45) is 0 Å². The van der Waals surface area contributed by atoms with Crippen LogP contribution in [0.25, 0.3) is 0 Å². The predicted molar refractivity (Wildman–Crippen MR) is 61.5 cm³/mol. The highest BCUT2D eigenvalue weighted by atomic mass is 16.7. The van der Waals surface area contributed by atoms with Crippen molar-refractivity contribution in [1.82, 2.24) is 14.9 Å². The second-order valence-corrected chi connectivity index (χ2v) is 4.28. The molecule has 108 valence electrons. The molecule has 9 heteroatoms. The quantitative estimate of drug-likeness (QED) is 0.469. The normalized spacial score (nSPS) is 19.9. The fourth-order valence-electron chi connectivity index (χ4n) is 1.94. The molecule has 2 rings (SSSR count). The summed E-state index contributed by atoms with van der Waals surface area (Å²) in [7, 11) is 0. The number of hydroxylamine groups is 2. The Bertz CT molecular complexity index is 486. The largest absolute Gasteiger partial charge is 0.442 e. The summed E-state index contributed by atoms with van der Waals surface area (Å²) in [6.45, 7) is 2.23. The van der Waals surface area contributed by atoms with E-state index < -0.39 is 29.7 Å². The zero-order valence-electron chi connectivity index (χ0n) is 10.8. The average molecular weight is 283 g/mol. The van der Waals surface area contributed by atoms with Gasteiger partial charge in [0.25, 0.3) is 11.8 Å². The minimum absolute atomic E-state index is 0.0343. The number of hydrogen-bond donors (Lipinski definition) is 0. The van der Waals surface area contributed by atoms with Gasteiger partial charge in [-0.1, -0.05) is 0 Å². The summed E-state index contributed by atoms with van der Waals surface area (Å²) in [5.41, 5.74) is 0. The SMILES string of the molecule is CCN1CCN(C(=O)ON2C(=O)CCC2=O)C(=O)C1=O. The van der Waals surface area contributed by atoms with Crippen molar-refractivity contribution in [3.05, 3.63) is 0 Å². The summed E-state index contributed by atoms with van der Waals surface area (Å²) in [6, 6.07) is 0. The molecule has 5 amide bonds. The average Bonchev–Trinajstić information content (AvgIpc) is 2.73. The van der Waals surface area contributed by atoms with Crippen molar-refractivity contribution >= 4 is 29.7 Å². The van der Waals surface area contributed by atoms with E-state index in [1.54, 1.807) is 6.92 Å². The lowest BCUT2D eigenvalue weighted by Gasteiger charge is -2.31. The lowest BCUT2D eigenvalue weighted by molar-refractivity contribution is -0.176. The van der Waals surface area contributed by atoms with Gasteiger partial charge in [-0.15, -0.1) is 5.06 Å². The van der Waals surface area contributed by atoms with Gasteiger partial charge in [0, 0.05) is 25.9 Å². The van der Waals surface area contributed by atoms with E-state index in [1.165, 1.54) is 4.90 Å². The minimum atomic E-state index is -1.19. The second kappa shape index (κ2) is 5.27. The van der Waals surface area contributed by atoms with Crippen molar-refractivity contribution in [2.75, 3.05) is 19.6 Å². The van der Waals surface area contributed by atoms with Crippen LogP contribution in [-0.4, -0.2) is 64.2 Å². The number of carbonyl (C=O) groups excluding carboxylic acids is 5. The molecule has 0 aliphatic carbocycles. The van der Waals surface area contributed by atoms with Crippen LogP contribution in [0, 0.1) is 0 Å². The Labute approximate surface area is 114 Å². The predicted octanol–water partition coefficient (Wildman–Crippen LogP) is -1.12. The molecule has 20 heavy (non-hydrogen) atoms. The maximum atomic E-state index is 11.8. The number of likely N-dealkylation sites (N-methyl/N-ethyl adjacent to an activating group) is 1. The maximum Gasteiger partial charge on any atom is 0.442 e. The first-order chi connectivity index (χ1) is 9.45. The number of nitrogens with zero attached hydrogens (tertiary/aromatic N) is 3. The molecule has 9 nitrogen and oxygen atoms in total. The van der Waals surface area contributed by atoms with Crippen LogP contribution in [0.5, 0.6) is 0 Å². The molecular weight excluding hydrogens is 270 g/mol. The third-order valence-corrected chi connectivity index (χ3v) is 3.09. The van der Waals surface area contributed by atoms with Crippen molar-refractivity contribution in [2.45, 2.75) is 19.8 Å². The Morgan fingerprint density at radius 3 is 2.20 bits per heavy atom. The van der Waals surface area contributed by atoms with Crippen LogP contribution >= 0.6 is 0 Å². The third-order valence-electron chi connectivity index (χ3n) is 3.09. The van der Waals surface area contributed by atoms with E-state index in [-0.39, 0.29) is 25.9 Å². The summed E-state index contributed by atoms with van der Waals surface area (Å²) in [6.07, 6.45) is -1.27. The van der Waals surface area contributed by atoms with Gasteiger partial charge in [-0.05, 0) is 6.92 Å². The lowest BCUT2D eigenvalue weighted by atomic mass is 10.3. The summed E-state index contributed by atoms with van der Waals surface area (Å²) >= 11 is 0. The first-order valence-corrected chi connectivity index (χ1v) is 6.14. The molecule has 0 unspecified atom stereocenters. The fraction of sp³-hybridized carbons (Fsp3) is 0.545. The van der Waals surface area contributed by atoms with Gasteiger partial charge in [0.2, 0.25) is 0 Å². The van der Waals surface area contributed by atoms with E-state index in [2.05, 4.69) is 4.84 Å². The molecule has 2 saturated heterocycles. The van der Waals surface area contributed by atoms with Gasteiger partial charge in [0.05, 0.1) is 6.54 Å². The summed E-state index contributed by atoms with van der Waals surface area (Å²) in [4.78, 5) is 64.2. The number of imide groups is 2. The molecule has 0 bridgehead atoms. The van der Waals surface area contributed by atoms with Gasteiger partial charge in [0.1, 0.15) is 0 Å². The molecule has 2 fully saturated rings. The third kappa shape index (κ3) is 2.33. The molecule has 0 saturated carbocycles. The fourth-order valence-corrected chi connectivity index (χ4v) is 1.94. The topological polar surface area (TPSA) is 104 Å². The van der Waals surface area contributed by atoms with Crippen molar-refractivity contribution in [3.8, 4) is 0 Å². The van der Waals surface area contributed by atoms with Crippen LogP contribution in [-0.2, 0) is 24.0 Å². The first kappa shape index (κ1) is 14.0. The zero-order valence-corrected chi connectivity index (χ0v) is 10.8. The van der Waals surface area contributed by atoms with E-state index in [9.17, 15) is 24.0 Å². The first-order valence-electron chi connectivity index (χ1n) is 6.14. The van der Waals surface area contributed by atoms with Crippen molar-refractivity contribution in [1.29, 1.82) is 0 Å². The summed E-state index contributed by atoms with van der Waals surface area (Å²) in [5.74, 6) is -3.12. The van der Waals surface area contributed by atoms with E-state index in [1.807, 2.05) is 0 Å². The number of piperazine rings is 1. The Hall–Kier alpha value is -2.45. The van der Waals surface area contributed by atoms with E-state index in [0.717, 1.165) is 0 Å². The number of hydrogen-bond acceptors (Lipinski definition) is 6. The zero-order chi connectivity index (χ0) is 14.9. The molecule has 0 atom stereocenters.